The van der Waals surface area contributed by atoms with Gasteiger partial charge in [0.05, 0.1) is 25.3 Å². The maximum absolute atomic E-state index is 14.2. The molecule has 1 aliphatic carbocycles. The predicted molar refractivity (Wildman–Crippen MR) is 135 cm³/mol. The van der Waals surface area contributed by atoms with E-state index in [2.05, 4.69) is 0 Å². The molecule has 1 heterocycles. The van der Waals surface area contributed by atoms with Gasteiger partial charge in [0.1, 0.15) is 11.3 Å². The number of ketones is 1. The van der Waals surface area contributed by atoms with Gasteiger partial charge in [0, 0.05) is 24.0 Å². The number of ether oxygens (including phenoxy) is 2. The zero-order valence-corrected chi connectivity index (χ0v) is 21.3. The number of rotatable bonds is 7. The van der Waals surface area contributed by atoms with E-state index in [-0.39, 0.29) is 25.2 Å². The fraction of sp³-hybridized carbons (Fsp3) is 0.345. The summed E-state index contributed by atoms with van der Waals surface area (Å²) in [5.41, 5.74) is 0.334. The van der Waals surface area contributed by atoms with E-state index >= 15 is 0 Å². The largest absolute Gasteiger partial charge is 0.466 e. The molecule has 0 N–H and O–H groups in total. The molecular formula is C29H29NO7. The number of nitrogens with zero attached hydrogens (tertiary/aromatic N) is 1. The molecule has 8 heteroatoms. The Hall–Kier alpha value is -4.07. The molecular weight excluding hydrogens is 474 g/mol. The molecule has 0 radical (unpaired) electrons. The molecule has 0 aromatic heterocycles. The van der Waals surface area contributed by atoms with E-state index in [1.54, 1.807) is 62.4 Å². The van der Waals surface area contributed by atoms with Crippen molar-refractivity contribution in [1.82, 2.24) is 0 Å². The summed E-state index contributed by atoms with van der Waals surface area (Å²) in [6.45, 7) is 6.59. The van der Waals surface area contributed by atoms with Gasteiger partial charge in [0.15, 0.2) is 5.78 Å². The molecule has 0 fully saturated rings. The molecule has 2 amide bonds. The molecule has 2 aliphatic rings. The van der Waals surface area contributed by atoms with Gasteiger partial charge in [-0.1, -0.05) is 54.1 Å². The molecule has 4 rings (SSSR count). The molecule has 2 aromatic carbocycles. The van der Waals surface area contributed by atoms with Crippen LogP contribution < -0.4 is 4.90 Å². The van der Waals surface area contributed by atoms with Gasteiger partial charge >= 0.3 is 11.9 Å². The van der Waals surface area contributed by atoms with E-state index in [1.807, 2.05) is 6.92 Å². The molecule has 0 unspecified atom stereocenters. The van der Waals surface area contributed by atoms with Crippen LogP contribution in [0.15, 0.2) is 60.2 Å². The summed E-state index contributed by atoms with van der Waals surface area (Å²) in [6, 6.07) is 13.5. The van der Waals surface area contributed by atoms with E-state index < -0.39 is 46.8 Å². The van der Waals surface area contributed by atoms with Gasteiger partial charge in [-0.25, -0.2) is 4.90 Å². The summed E-state index contributed by atoms with van der Waals surface area (Å²) >= 11 is 0. The van der Waals surface area contributed by atoms with E-state index in [0.717, 1.165) is 10.5 Å². The SMILES string of the molecule is CCOC(=O)C[C@@H]1C=C(C(=O)c2ccc(C)cc2)[C@@H](C(=O)OCC)[C@]12C(=O)N(C(C)=O)c1ccccc12. The summed E-state index contributed by atoms with van der Waals surface area (Å²) in [7, 11) is 0. The van der Waals surface area contributed by atoms with Crippen molar-refractivity contribution >= 4 is 35.2 Å². The predicted octanol–water partition coefficient (Wildman–Crippen LogP) is 3.70. The zero-order chi connectivity index (χ0) is 26.9. The molecule has 3 atom stereocenters. The number of anilines is 1. The second-order valence-electron chi connectivity index (χ2n) is 9.16. The number of para-hydroxylation sites is 1. The lowest BCUT2D eigenvalue weighted by atomic mass is 9.64. The molecule has 2 aromatic rings. The number of imide groups is 1. The number of esters is 2. The van der Waals surface area contributed by atoms with Crippen molar-refractivity contribution in [3.63, 3.8) is 0 Å². The van der Waals surface area contributed by atoms with Crippen molar-refractivity contribution in [3.05, 3.63) is 76.9 Å². The Bertz CT molecular complexity index is 1310. The van der Waals surface area contributed by atoms with E-state index in [4.69, 9.17) is 9.47 Å². The van der Waals surface area contributed by atoms with Crippen LogP contribution in [-0.2, 0) is 34.1 Å². The van der Waals surface area contributed by atoms with E-state index in [9.17, 15) is 24.0 Å². The second kappa shape index (κ2) is 10.1. The van der Waals surface area contributed by atoms with Crippen LogP contribution in [0.3, 0.4) is 0 Å². The highest BCUT2D eigenvalue weighted by Crippen LogP contribution is 2.58. The number of allylic oxidation sites excluding steroid dienone is 1. The minimum absolute atomic E-state index is 0.0201. The maximum Gasteiger partial charge on any atom is 0.315 e. The molecule has 0 saturated carbocycles. The maximum atomic E-state index is 14.2. The lowest BCUT2D eigenvalue weighted by molar-refractivity contribution is -0.153. The van der Waals surface area contributed by atoms with E-state index in [1.165, 1.54) is 13.0 Å². The Balaban J connectivity index is 1.98. The van der Waals surface area contributed by atoms with Crippen molar-refractivity contribution < 1.29 is 33.4 Å². The number of benzene rings is 2. The van der Waals surface area contributed by atoms with Gasteiger partial charge in [0.25, 0.3) is 0 Å². The lowest BCUT2D eigenvalue weighted by Crippen LogP contribution is -2.52. The zero-order valence-electron chi connectivity index (χ0n) is 21.3. The Kier molecular flexibility index (Phi) is 7.12. The minimum Gasteiger partial charge on any atom is -0.466 e. The van der Waals surface area contributed by atoms with Crippen LogP contribution >= 0.6 is 0 Å². The smallest absolute Gasteiger partial charge is 0.315 e. The Morgan fingerprint density at radius 1 is 0.946 bits per heavy atom. The number of amides is 2. The molecule has 1 aliphatic heterocycles. The van der Waals surface area contributed by atoms with Gasteiger partial charge in [0.2, 0.25) is 11.8 Å². The van der Waals surface area contributed by atoms with Gasteiger partial charge in [-0.05, 0) is 32.4 Å². The normalized spacial score (nSPS) is 22.0. The monoisotopic (exact) mass is 503 g/mol. The van der Waals surface area contributed by atoms with Gasteiger partial charge in [-0.2, -0.15) is 0 Å². The average molecular weight is 504 g/mol. The van der Waals surface area contributed by atoms with Crippen molar-refractivity contribution in [1.29, 1.82) is 0 Å². The Morgan fingerprint density at radius 3 is 2.22 bits per heavy atom. The third-order valence-electron chi connectivity index (χ3n) is 6.98. The molecule has 192 valence electrons. The molecule has 0 bridgehead atoms. The van der Waals surface area contributed by atoms with Crippen LogP contribution in [0.2, 0.25) is 0 Å². The van der Waals surface area contributed by atoms with Crippen molar-refractivity contribution in [2.45, 2.75) is 39.5 Å². The van der Waals surface area contributed by atoms with Crippen molar-refractivity contribution in [2.75, 3.05) is 18.1 Å². The van der Waals surface area contributed by atoms with Gasteiger partial charge in [-0.15, -0.1) is 0 Å². The first-order valence-corrected chi connectivity index (χ1v) is 12.3. The summed E-state index contributed by atoms with van der Waals surface area (Å²) in [6.07, 6.45) is 1.26. The number of fused-ring (bicyclic) bond motifs is 2. The molecule has 1 spiro atoms. The first-order chi connectivity index (χ1) is 17.7. The van der Waals surface area contributed by atoms with Crippen LogP contribution in [0, 0.1) is 18.8 Å². The number of aryl methyl sites for hydroxylation is 1. The Labute approximate surface area is 215 Å². The third kappa shape index (κ3) is 4.16. The number of carbonyl (C=O) groups is 5. The summed E-state index contributed by atoms with van der Waals surface area (Å²) in [5, 5.41) is 0. The van der Waals surface area contributed by atoms with Gasteiger partial charge < -0.3 is 9.47 Å². The topological polar surface area (TPSA) is 107 Å². The fourth-order valence-corrected chi connectivity index (χ4v) is 5.52. The highest BCUT2D eigenvalue weighted by Gasteiger charge is 2.67. The van der Waals surface area contributed by atoms with E-state index in [0.29, 0.717) is 16.8 Å². The first-order valence-electron chi connectivity index (χ1n) is 12.3. The highest BCUT2D eigenvalue weighted by atomic mass is 16.5. The standard InChI is InChI=1S/C29H29NO7/c1-5-36-24(32)16-20-15-21(26(33)19-13-11-17(3)12-14-19)25(27(34)37-6-2)29(20)22-9-7-8-10-23(22)30(18(4)31)28(29)35/h7-15,20,25H,5-6,16H2,1-4H3/t20-,25-,29-/m0/s1. The summed E-state index contributed by atoms with van der Waals surface area (Å²) in [4.78, 5) is 68.1. The average Bonchev–Trinajstić information content (AvgIpc) is 3.33. The van der Waals surface area contributed by atoms with Crippen molar-refractivity contribution in [3.8, 4) is 0 Å². The molecule has 0 saturated heterocycles. The summed E-state index contributed by atoms with van der Waals surface area (Å²) in [5.74, 6) is -5.30. The van der Waals surface area contributed by atoms with Crippen LogP contribution in [0.4, 0.5) is 5.69 Å². The Morgan fingerprint density at radius 2 is 1.59 bits per heavy atom. The molecule has 37 heavy (non-hydrogen) atoms. The fourth-order valence-electron chi connectivity index (χ4n) is 5.52. The molecule has 8 nitrogen and oxygen atoms in total. The lowest BCUT2D eigenvalue weighted by Gasteiger charge is -2.35. The van der Waals surface area contributed by atoms with Crippen LogP contribution in [0.5, 0.6) is 0 Å². The third-order valence-corrected chi connectivity index (χ3v) is 6.98. The van der Waals surface area contributed by atoms with Crippen LogP contribution in [0.1, 0.15) is 48.7 Å². The number of hydrogen-bond acceptors (Lipinski definition) is 7. The first kappa shape index (κ1) is 26.0. The van der Waals surface area contributed by atoms with Crippen LogP contribution in [-0.4, -0.2) is 42.7 Å². The second-order valence-corrected chi connectivity index (χ2v) is 9.16. The van der Waals surface area contributed by atoms with Gasteiger partial charge in [-0.3, -0.25) is 24.0 Å². The minimum atomic E-state index is -1.73. The quantitative estimate of drug-likeness (QED) is 0.419. The number of Topliss-reactive ketones (excluding diaryl/α,β-unsaturated/α-hetero) is 1. The number of hydrogen-bond donors (Lipinski definition) is 0. The number of carbonyl (C=O) groups excluding carboxylic acids is 5. The van der Waals surface area contributed by atoms with Crippen LogP contribution in [0.25, 0.3) is 0 Å². The van der Waals surface area contributed by atoms with Crippen molar-refractivity contribution in [2.24, 2.45) is 11.8 Å². The highest BCUT2D eigenvalue weighted by molar-refractivity contribution is 6.25. The summed E-state index contributed by atoms with van der Waals surface area (Å²) < 4.78 is 10.6.